The van der Waals surface area contributed by atoms with Crippen LogP contribution >= 0.6 is 12.4 Å². The van der Waals surface area contributed by atoms with Gasteiger partial charge in [0.2, 0.25) is 10.0 Å². The summed E-state index contributed by atoms with van der Waals surface area (Å²) in [6.45, 7) is 2.43. The Morgan fingerprint density at radius 2 is 1.95 bits per heavy atom. The number of sulfonamides is 1. The number of nitrogens with two attached hydrogens (primary N) is 1. The fourth-order valence-corrected chi connectivity index (χ4v) is 4.40. The summed E-state index contributed by atoms with van der Waals surface area (Å²) in [5, 5.41) is 6.46. The molecule has 1 aromatic carbocycles. The lowest BCUT2D eigenvalue weighted by Crippen LogP contribution is -2.32. The molecule has 1 fully saturated rings. The third-order valence-electron chi connectivity index (χ3n) is 3.96. The van der Waals surface area contributed by atoms with Crippen LogP contribution in [0.1, 0.15) is 17.2 Å². The lowest BCUT2D eigenvalue weighted by atomic mass is 9.95. The van der Waals surface area contributed by atoms with Crippen LogP contribution in [0, 0.1) is 6.92 Å². The summed E-state index contributed by atoms with van der Waals surface area (Å²) in [5.41, 5.74) is 7.78. The summed E-state index contributed by atoms with van der Waals surface area (Å²) in [6, 6.07) is 9.61. The molecule has 3 N–H and O–H groups in total. The Balaban J connectivity index is 0.00000176. The van der Waals surface area contributed by atoms with E-state index in [9.17, 15) is 8.42 Å². The van der Waals surface area contributed by atoms with E-state index < -0.39 is 10.0 Å². The average Bonchev–Trinajstić information content (AvgIpc) is 3.06. The number of hydrogen-bond donors (Lipinski definition) is 2. The van der Waals surface area contributed by atoms with Crippen molar-refractivity contribution < 1.29 is 8.42 Å². The number of benzene rings is 1. The van der Waals surface area contributed by atoms with Gasteiger partial charge in [-0.3, -0.25) is 5.10 Å². The van der Waals surface area contributed by atoms with Crippen molar-refractivity contribution in [3.05, 3.63) is 47.8 Å². The van der Waals surface area contributed by atoms with Gasteiger partial charge < -0.3 is 5.73 Å². The molecule has 6 nitrogen and oxygen atoms in total. The molecule has 0 spiro atoms. The minimum Gasteiger partial charge on any atom is -0.326 e. The molecule has 1 saturated heterocycles. The molecule has 0 aliphatic carbocycles. The Morgan fingerprint density at radius 1 is 1.27 bits per heavy atom. The van der Waals surface area contributed by atoms with Crippen LogP contribution < -0.4 is 5.73 Å². The van der Waals surface area contributed by atoms with Crippen LogP contribution in [0.4, 0.5) is 0 Å². The van der Waals surface area contributed by atoms with Crippen LogP contribution in [0.5, 0.6) is 0 Å². The SMILES string of the molecule is Cc1[nH]ncc1S(=O)(=O)N1C[C@@H](N)[C@H](c2ccccc2)C1.Cl. The van der Waals surface area contributed by atoms with Gasteiger partial charge >= 0.3 is 0 Å². The largest absolute Gasteiger partial charge is 0.326 e. The minimum absolute atomic E-state index is 0. The summed E-state index contributed by atoms with van der Waals surface area (Å²) in [7, 11) is -3.54. The van der Waals surface area contributed by atoms with Crippen LogP contribution in [0.15, 0.2) is 41.4 Å². The zero-order valence-corrected chi connectivity index (χ0v) is 13.8. The lowest BCUT2D eigenvalue weighted by Gasteiger charge is -2.16. The van der Waals surface area contributed by atoms with Crippen LogP contribution in [-0.2, 0) is 10.0 Å². The highest BCUT2D eigenvalue weighted by Crippen LogP contribution is 2.30. The van der Waals surface area contributed by atoms with Crippen molar-refractivity contribution in [1.82, 2.24) is 14.5 Å². The Hall–Kier alpha value is -1.41. The molecule has 1 aliphatic rings. The van der Waals surface area contributed by atoms with Crippen molar-refractivity contribution in [2.45, 2.75) is 23.8 Å². The summed E-state index contributed by atoms with van der Waals surface area (Å²) in [6.07, 6.45) is 1.35. The van der Waals surface area contributed by atoms with Crippen LogP contribution in [0.3, 0.4) is 0 Å². The van der Waals surface area contributed by atoms with Gasteiger partial charge in [-0.1, -0.05) is 30.3 Å². The fraction of sp³-hybridized carbons (Fsp3) is 0.357. The van der Waals surface area contributed by atoms with Crippen molar-refractivity contribution in [3.63, 3.8) is 0 Å². The van der Waals surface area contributed by atoms with Gasteiger partial charge in [0.05, 0.1) is 11.9 Å². The van der Waals surface area contributed by atoms with Gasteiger partial charge in [0.15, 0.2) is 0 Å². The van der Waals surface area contributed by atoms with Crippen molar-refractivity contribution in [2.24, 2.45) is 5.73 Å². The average molecular weight is 343 g/mol. The molecule has 2 atom stereocenters. The first-order valence-electron chi connectivity index (χ1n) is 6.81. The maximum Gasteiger partial charge on any atom is 0.246 e. The first-order chi connectivity index (χ1) is 10.00. The zero-order chi connectivity index (χ0) is 15.0. The molecule has 22 heavy (non-hydrogen) atoms. The molecule has 1 aliphatic heterocycles. The van der Waals surface area contributed by atoms with E-state index >= 15 is 0 Å². The lowest BCUT2D eigenvalue weighted by molar-refractivity contribution is 0.469. The van der Waals surface area contributed by atoms with E-state index in [1.165, 1.54) is 10.5 Å². The van der Waals surface area contributed by atoms with E-state index in [0.29, 0.717) is 18.8 Å². The van der Waals surface area contributed by atoms with E-state index in [1.54, 1.807) is 6.92 Å². The van der Waals surface area contributed by atoms with E-state index in [-0.39, 0.29) is 29.3 Å². The predicted octanol–water partition coefficient (Wildman–Crippen LogP) is 1.26. The molecule has 8 heteroatoms. The maximum atomic E-state index is 12.6. The molecule has 120 valence electrons. The number of halogens is 1. The molecule has 0 bridgehead atoms. The second-order valence-electron chi connectivity index (χ2n) is 5.36. The topological polar surface area (TPSA) is 92.1 Å². The molecule has 3 rings (SSSR count). The zero-order valence-electron chi connectivity index (χ0n) is 12.1. The van der Waals surface area contributed by atoms with Gasteiger partial charge in [-0.05, 0) is 12.5 Å². The summed E-state index contributed by atoms with van der Waals surface area (Å²) in [4.78, 5) is 0.225. The fourth-order valence-electron chi connectivity index (χ4n) is 2.78. The summed E-state index contributed by atoms with van der Waals surface area (Å²) < 4.78 is 26.7. The maximum absolute atomic E-state index is 12.6. The van der Waals surface area contributed by atoms with E-state index in [0.717, 1.165) is 5.56 Å². The highest BCUT2D eigenvalue weighted by Gasteiger charge is 2.39. The Labute approximate surface area is 136 Å². The minimum atomic E-state index is -3.54. The molecule has 2 aromatic rings. The molecule has 2 heterocycles. The van der Waals surface area contributed by atoms with Crippen molar-refractivity contribution in [3.8, 4) is 0 Å². The monoisotopic (exact) mass is 342 g/mol. The number of aromatic amines is 1. The van der Waals surface area contributed by atoms with Crippen molar-refractivity contribution in [1.29, 1.82) is 0 Å². The molecule has 0 radical (unpaired) electrons. The van der Waals surface area contributed by atoms with Crippen LogP contribution in [-0.4, -0.2) is 42.1 Å². The second kappa shape index (κ2) is 6.37. The molecule has 0 amide bonds. The van der Waals surface area contributed by atoms with Gasteiger partial charge in [0.25, 0.3) is 0 Å². The quantitative estimate of drug-likeness (QED) is 0.878. The molecule has 0 unspecified atom stereocenters. The first kappa shape index (κ1) is 17.0. The predicted molar refractivity (Wildman–Crippen MR) is 86.5 cm³/mol. The third-order valence-corrected chi connectivity index (χ3v) is 5.91. The van der Waals surface area contributed by atoms with Gasteiger partial charge in [0, 0.05) is 25.0 Å². The number of aromatic nitrogens is 2. The van der Waals surface area contributed by atoms with Gasteiger partial charge in [0.1, 0.15) is 4.90 Å². The van der Waals surface area contributed by atoms with Crippen molar-refractivity contribution >= 4 is 22.4 Å². The molecular weight excluding hydrogens is 324 g/mol. The highest BCUT2D eigenvalue weighted by molar-refractivity contribution is 7.89. The van der Waals surface area contributed by atoms with Crippen LogP contribution in [0.25, 0.3) is 0 Å². The Bertz CT molecular complexity index is 732. The number of hydrogen-bond acceptors (Lipinski definition) is 4. The van der Waals surface area contributed by atoms with Crippen LogP contribution in [0.2, 0.25) is 0 Å². The molecule has 0 saturated carbocycles. The summed E-state index contributed by atoms with van der Waals surface area (Å²) >= 11 is 0. The molecule has 1 aromatic heterocycles. The first-order valence-corrected chi connectivity index (χ1v) is 8.25. The molecular formula is C14H19ClN4O2S. The number of H-pyrrole nitrogens is 1. The van der Waals surface area contributed by atoms with E-state index in [4.69, 9.17) is 5.73 Å². The number of nitrogens with one attached hydrogen (secondary N) is 1. The smallest absolute Gasteiger partial charge is 0.246 e. The number of nitrogens with zero attached hydrogens (tertiary/aromatic N) is 2. The van der Waals surface area contributed by atoms with E-state index in [2.05, 4.69) is 10.2 Å². The van der Waals surface area contributed by atoms with Crippen molar-refractivity contribution in [2.75, 3.05) is 13.1 Å². The number of aryl methyl sites for hydroxylation is 1. The van der Waals surface area contributed by atoms with Gasteiger partial charge in [-0.25, -0.2) is 8.42 Å². The number of rotatable bonds is 3. The third kappa shape index (κ3) is 2.89. The Morgan fingerprint density at radius 3 is 2.55 bits per heavy atom. The standard InChI is InChI=1S/C14H18N4O2S.ClH/c1-10-14(7-16-17-10)21(19,20)18-8-12(13(15)9-18)11-5-3-2-4-6-11;/h2-7,12-13H,8-9,15H2,1H3,(H,16,17);1H/t12-,13+;/m0./s1. The normalized spacial score (nSPS) is 22.5. The van der Waals surface area contributed by atoms with Gasteiger partial charge in [-0.15, -0.1) is 12.4 Å². The summed E-state index contributed by atoms with van der Waals surface area (Å²) in [5.74, 6) is 0.0215. The highest BCUT2D eigenvalue weighted by atomic mass is 35.5. The van der Waals surface area contributed by atoms with E-state index in [1.807, 2.05) is 30.3 Å². The Kier molecular flexibility index (Phi) is 4.91. The van der Waals surface area contributed by atoms with Gasteiger partial charge in [-0.2, -0.15) is 9.40 Å². The second-order valence-corrected chi connectivity index (χ2v) is 7.27.